The van der Waals surface area contributed by atoms with E-state index in [2.05, 4.69) is 0 Å². The molecule has 0 aromatic carbocycles. The first-order valence-electron chi connectivity index (χ1n) is 6.23. The van der Waals surface area contributed by atoms with Crippen LogP contribution < -0.4 is 0 Å². The van der Waals surface area contributed by atoms with Crippen molar-refractivity contribution in [2.75, 3.05) is 33.1 Å². The van der Waals surface area contributed by atoms with Gasteiger partial charge in [-0.25, -0.2) is 0 Å². The molecule has 0 saturated carbocycles. The van der Waals surface area contributed by atoms with Gasteiger partial charge in [-0.2, -0.15) is 11.8 Å². The van der Waals surface area contributed by atoms with E-state index in [1.807, 2.05) is 17.8 Å². The molecule has 0 spiro atoms. The van der Waals surface area contributed by atoms with E-state index in [4.69, 9.17) is 4.74 Å². The van der Waals surface area contributed by atoms with Gasteiger partial charge in [0.1, 0.15) is 0 Å². The number of ether oxygens (including phenoxy) is 1. The van der Waals surface area contributed by atoms with Gasteiger partial charge in [0.05, 0.1) is 17.6 Å². The summed E-state index contributed by atoms with van der Waals surface area (Å²) in [5, 5.41) is 9.66. The Morgan fingerprint density at radius 3 is 3.11 bits per heavy atom. The Kier molecular flexibility index (Phi) is 5.27. The zero-order chi connectivity index (χ0) is 13.8. The normalized spacial score (nSPS) is 15.9. The fourth-order valence-electron chi connectivity index (χ4n) is 2.08. The number of aliphatic hydroxyl groups excluding tert-OH is 1. The minimum atomic E-state index is -0.635. The molecule has 0 saturated heterocycles. The standard InChI is InChI=1S/C13H19NO3S2/c1-14(6-10(15)7-17-2)13(16)12-5-9-8-18-4-3-11(9)19-12/h5,10,15H,3-4,6-8H2,1-2H3. The van der Waals surface area contributed by atoms with E-state index >= 15 is 0 Å². The van der Waals surface area contributed by atoms with Crippen LogP contribution in [0.1, 0.15) is 20.1 Å². The Bertz CT molecular complexity index is 424. The third-order valence-corrected chi connectivity index (χ3v) is 5.26. The zero-order valence-electron chi connectivity index (χ0n) is 11.2. The van der Waals surface area contributed by atoms with Crippen LogP contribution in [0.3, 0.4) is 0 Å². The van der Waals surface area contributed by atoms with E-state index in [-0.39, 0.29) is 12.5 Å². The first kappa shape index (κ1) is 14.8. The fourth-order valence-corrected chi connectivity index (χ4v) is 4.45. The molecule has 1 unspecified atom stereocenters. The van der Waals surface area contributed by atoms with Gasteiger partial charge in [-0.3, -0.25) is 4.79 Å². The second-order valence-electron chi connectivity index (χ2n) is 4.66. The highest BCUT2D eigenvalue weighted by atomic mass is 32.2. The number of thiophene rings is 1. The van der Waals surface area contributed by atoms with Gasteiger partial charge >= 0.3 is 0 Å². The van der Waals surface area contributed by atoms with Gasteiger partial charge in [0.2, 0.25) is 0 Å². The van der Waals surface area contributed by atoms with Crippen LogP contribution in [0.15, 0.2) is 6.07 Å². The van der Waals surface area contributed by atoms with E-state index in [0.29, 0.717) is 6.54 Å². The largest absolute Gasteiger partial charge is 0.389 e. The van der Waals surface area contributed by atoms with E-state index in [1.165, 1.54) is 17.6 Å². The molecule has 0 fully saturated rings. The third-order valence-electron chi connectivity index (χ3n) is 3.03. The number of likely N-dealkylation sites (N-methyl/N-ethyl adjacent to an activating group) is 1. The Labute approximate surface area is 121 Å². The van der Waals surface area contributed by atoms with E-state index in [1.54, 1.807) is 23.3 Å². The molecule has 2 heterocycles. The van der Waals surface area contributed by atoms with Gasteiger partial charge in [-0.05, 0) is 23.8 Å². The monoisotopic (exact) mass is 301 g/mol. The van der Waals surface area contributed by atoms with Crippen molar-refractivity contribution in [3.63, 3.8) is 0 Å². The number of methoxy groups -OCH3 is 1. The van der Waals surface area contributed by atoms with Crippen LogP contribution in [0.4, 0.5) is 0 Å². The predicted molar refractivity (Wildman–Crippen MR) is 79.0 cm³/mol. The molecule has 0 aliphatic carbocycles. The maximum Gasteiger partial charge on any atom is 0.263 e. The summed E-state index contributed by atoms with van der Waals surface area (Å²) in [5.74, 6) is 2.14. The van der Waals surface area contributed by atoms with E-state index in [0.717, 1.165) is 22.8 Å². The third kappa shape index (κ3) is 3.72. The molecule has 2 rings (SSSR count). The van der Waals surface area contributed by atoms with Crippen molar-refractivity contribution >= 4 is 29.0 Å². The van der Waals surface area contributed by atoms with E-state index in [9.17, 15) is 9.90 Å². The van der Waals surface area contributed by atoms with Gasteiger partial charge < -0.3 is 14.7 Å². The molecule has 0 radical (unpaired) electrons. The van der Waals surface area contributed by atoms with E-state index < -0.39 is 6.10 Å². The fraction of sp³-hybridized carbons (Fsp3) is 0.615. The summed E-state index contributed by atoms with van der Waals surface area (Å²) in [6.07, 6.45) is 0.428. The maximum absolute atomic E-state index is 12.3. The summed E-state index contributed by atoms with van der Waals surface area (Å²) in [7, 11) is 3.25. The van der Waals surface area contributed by atoms with Crippen molar-refractivity contribution in [3.8, 4) is 0 Å². The maximum atomic E-state index is 12.3. The highest BCUT2D eigenvalue weighted by Gasteiger charge is 2.21. The summed E-state index contributed by atoms with van der Waals surface area (Å²) in [5.41, 5.74) is 1.30. The lowest BCUT2D eigenvalue weighted by atomic mass is 10.2. The number of hydrogen-bond acceptors (Lipinski definition) is 5. The van der Waals surface area contributed by atoms with Crippen molar-refractivity contribution in [1.29, 1.82) is 0 Å². The van der Waals surface area contributed by atoms with Crippen LogP contribution in [-0.4, -0.2) is 55.1 Å². The first-order valence-corrected chi connectivity index (χ1v) is 8.20. The average molecular weight is 301 g/mol. The first-order chi connectivity index (χ1) is 9.11. The number of amides is 1. The van der Waals surface area contributed by atoms with Crippen molar-refractivity contribution in [3.05, 3.63) is 21.4 Å². The molecule has 1 aromatic rings. The molecule has 1 aliphatic heterocycles. The second kappa shape index (κ2) is 6.74. The zero-order valence-corrected chi connectivity index (χ0v) is 12.9. The van der Waals surface area contributed by atoms with Gasteiger partial charge in [0, 0.05) is 31.3 Å². The summed E-state index contributed by atoms with van der Waals surface area (Å²) < 4.78 is 4.87. The number of carbonyl (C=O) groups is 1. The summed E-state index contributed by atoms with van der Waals surface area (Å²) >= 11 is 3.51. The second-order valence-corrected chi connectivity index (χ2v) is 6.90. The number of aliphatic hydroxyl groups is 1. The minimum Gasteiger partial charge on any atom is -0.389 e. The van der Waals surface area contributed by atoms with Gasteiger partial charge in [0.15, 0.2) is 0 Å². The van der Waals surface area contributed by atoms with Gasteiger partial charge in [-0.15, -0.1) is 11.3 Å². The van der Waals surface area contributed by atoms with Crippen LogP contribution in [0.2, 0.25) is 0 Å². The van der Waals surface area contributed by atoms with Crippen LogP contribution in [0.5, 0.6) is 0 Å². The van der Waals surface area contributed by atoms with Gasteiger partial charge in [-0.1, -0.05) is 0 Å². The van der Waals surface area contributed by atoms with Crippen molar-refractivity contribution in [2.24, 2.45) is 0 Å². The molecule has 1 amide bonds. The molecule has 1 N–H and O–H groups in total. The predicted octanol–water partition coefficient (Wildman–Crippen LogP) is 1.62. The van der Waals surface area contributed by atoms with Crippen molar-refractivity contribution in [1.82, 2.24) is 4.90 Å². The molecule has 1 aliphatic rings. The number of aryl methyl sites for hydroxylation is 1. The SMILES string of the molecule is COCC(O)CN(C)C(=O)c1cc2c(s1)CCSC2. The number of carbonyl (C=O) groups excluding carboxylic acids is 1. The van der Waals surface area contributed by atoms with Crippen molar-refractivity contribution in [2.45, 2.75) is 18.3 Å². The molecule has 1 atom stereocenters. The number of nitrogens with zero attached hydrogens (tertiary/aromatic N) is 1. The number of rotatable bonds is 5. The van der Waals surface area contributed by atoms with Crippen LogP contribution in [0.25, 0.3) is 0 Å². The average Bonchev–Trinajstić information content (AvgIpc) is 2.81. The van der Waals surface area contributed by atoms with Crippen LogP contribution >= 0.6 is 23.1 Å². The topological polar surface area (TPSA) is 49.8 Å². The molecule has 1 aromatic heterocycles. The van der Waals surface area contributed by atoms with Crippen molar-refractivity contribution < 1.29 is 14.6 Å². The molecule has 0 bridgehead atoms. The Balaban J connectivity index is 2.00. The molecule has 6 heteroatoms. The lowest BCUT2D eigenvalue weighted by Gasteiger charge is -2.19. The number of thioether (sulfide) groups is 1. The summed E-state index contributed by atoms with van der Waals surface area (Å²) in [6, 6.07) is 2.01. The van der Waals surface area contributed by atoms with Crippen LogP contribution in [-0.2, 0) is 16.9 Å². The lowest BCUT2D eigenvalue weighted by Crippen LogP contribution is -2.35. The summed E-state index contributed by atoms with van der Waals surface area (Å²) in [4.78, 5) is 16.0. The number of hydrogen-bond donors (Lipinski definition) is 1. The molecular formula is C13H19NO3S2. The minimum absolute atomic E-state index is 0.0143. The highest BCUT2D eigenvalue weighted by molar-refractivity contribution is 7.98. The van der Waals surface area contributed by atoms with Gasteiger partial charge in [0.25, 0.3) is 5.91 Å². The molecule has 106 valence electrons. The van der Waals surface area contributed by atoms with Crippen LogP contribution in [0, 0.1) is 0 Å². The summed E-state index contributed by atoms with van der Waals surface area (Å²) in [6.45, 7) is 0.541. The lowest BCUT2D eigenvalue weighted by molar-refractivity contribution is 0.0382. The molecule has 19 heavy (non-hydrogen) atoms. The Hall–Kier alpha value is -0.560. The highest BCUT2D eigenvalue weighted by Crippen LogP contribution is 2.32. The smallest absolute Gasteiger partial charge is 0.263 e. The Morgan fingerprint density at radius 2 is 2.42 bits per heavy atom. The molecular weight excluding hydrogens is 282 g/mol. The molecule has 4 nitrogen and oxygen atoms in total. The Morgan fingerprint density at radius 1 is 1.63 bits per heavy atom. The quantitative estimate of drug-likeness (QED) is 0.898. The number of fused-ring (bicyclic) bond motifs is 1.